The molecule has 0 aliphatic carbocycles. The van der Waals surface area contributed by atoms with Crippen LogP contribution >= 0.6 is 23.4 Å². The van der Waals surface area contributed by atoms with E-state index < -0.39 is 0 Å². The molecule has 0 saturated carbocycles. The van der Waals surface area contributed by atoms with E-state index in [0.29, 0.717) is 6.04 Å². The highest BCUT2D eigenvalue weighted by molar-refractivity contribution is 7.99. The van der Waals surface area contributed by atoms with Crippen LogP contribution in [0.4, 0.5) is 0 Å². The van der Waals surface area contributed by atoms with Crippen molar-refractivity contribution in [3.8, 4) is 0 Å². The van der Waals surface area contributed by atoms with Gasteiger partial charge < -0.3 is 5.32 Å². The number of thioether (sulfide) groups is 1. The third-order valence-electron chi connectivity index (χ3n) is 3.03. The average molecular weight is 272 g/mol. The summed E-state index contributed by atoms with van der Waals surface area (Å²) in [5, 5.41) is 4.23. The minimum absolute atomic E-state index is 0.568. The molecule has 0 aliphatic heterocycles. The second kappa shape index (κ2) is 8.02. The van der Waals surface area contributed by atoms with Crippen LogP contribution in [0.25, 0.3) is 0 Å². The summed E-state index contributed by atoms with van der Waals surface area (Å²) in [5.74, 6) is 1.81. The Balaban J connectivity index is 2.47. The van der Waals surface area contributed by atoms with Gasteiger partial charge in [0, 0.05) is 21.7 Å². The summed E-state index contributed by atoms with van der Waals surface area (Å²) < 4.78 is 0. The number of nitrogens with one attached hydrogen (secondary N) is 1. The quantitative estimate of drug-likeness (QED) is 0.735. The predicted octanol–water partition coefficient (Wildman–Crippen LogP) is 4.46. The first kappa shape index (κ1) is 14.9. The van der Waals surface area contributed by atoms with Gasteiger partial charge in [0.25, 0.3) is 0 Å². The van der Waals surface area contributed by atoms with Crippen LogP contribution in [0.5, 0.6) is 0 Å². The van der Waals surface area contributed by atoms with E-state index in [0.717, 1.165) is 16.7 Å². The molecule has 0 aliphatic rings. The predicted molar refractivity (Wildman–Crippen MR) is 79.1 cm³/mol. The van der Waals surface area contributed by atoms with Crippen LogP contribution in [-0.4, -0.2) is 18.8 Å². The maximum Gasteiger partial charge on any atom is 0.0417 e. The lowest BCUT2D eigenvalue weighted by Gasteiger charge is -2.22. The van der Waals surface area contributed by atoms with E-state index in [1.807, 2.05) is 30.0 Å². The largest absolute Gasteiger partial charge is 0.316 e. The van der Waals surface area contributed by atoms with Gasteiger partial charge in [-0.1, -0.05) is 37.9 Å². The maximum atomic E-state index is 5.98. The minimum Gasteiger partial charge on any atom is -0.316 e. The molecule has 1 N–H and O–H groups in total. The summed E-state index contributed by atoms with van der Waals surface area (Å²) in [6.45, 7) is 4.57. The molecule has 17 heavy (non-hydrogen) atoms. The molecule has 0 aromatic heterocycles. The molecule has 0 spiro atoms. The van der Waals surface area contributed by atoms with Gasteiger partial charge >= 0.3 is 0 Å². The van der Waals surface area contributed by atoms with Gasteiger partial charge in [-0.05, 0) is 37.6 Å². The maximum absolute atomic E-state index is 5.98. The summed E-state index contributed by atoms with van der Waals surface area (Å²) in [7, 11) is 2.05. The van der Waals surface area contributed by atoms with E-state index in [2.05, 4.69) is 32.3 Å². The first-order valence-electron chi connectivity index (χ1n) is 6.23. The van der Waals surface area contributed by atoms with E-state index in [4.69, 9.17) is 11.6 Å². The van der Waals surface area contributed by atoms with Crippen LogP contribution in [-0.2, 0) is 0 Å². The minimum atomic E-state index is 0.568. The first-order chi connectivity index (χ1) is 8.17. The lowest BCUT2D eigenvalue weighted by molar-refractivity contribution is 0.403. The van der Waals surface area contributed by atoms with Crippen LogP contribution < -0.4 is 5.32 Å². The van der Waals surface area contributed by atoms with Crippen LogP contribution in [0.15, 0.2) is 29.2 Å². The summed E-state index contributed by atoms with van der Waals surface area (Å²) in [6, 6.07) is 8.64. The average Bonchev–Trinajstić information content (AvgIpc) is 2.30. The topological polar surface area (TPSA) is 12.0 Å². The van der Waals surface area contributed by atoms with Gasteiger partial charge in [0.2, 0.25) is 0 Å². The summed E-state index contributed by atoms with van der Waals surface area (Å²) in [6.07, 6.45) is 2.53. The second-order valence-electron chi connectivity index (χ2n) is 4.43. The summed E-state index contributed by atoms with van der Waals surface area (Å²) in [4.78, 5) is 1.25. The fourth-order valence-corrected chi connectivity index (χ4v) is 3.44. The Bertz CT molecular complexity index is 330. The van der Waals surface area contributed by atoms with Gasteiger partial charge in [-0.25, -0.2) is 0 Å². The molecule has 0 amide bonds. The third-order valence-corrected chi connectivity index (χ3v) is 4.38. The molecule has 1 aromatic carbocycles. The van der Waals surface area contributed by atoms with E-state index in [1.165, 1.54) is 17.7 Å². The molecule has 1 rings (SSSR count). The van der Waals surface area contributed by atoms with Crippen molar-refractivity contribution in [1.29, 1.82) is 0 Å². The SMILES string of the molecule is CCCC(C)C(CSc1cccc(Cl)c1)NC. The number of halogens is 1. The molecule has 2 unspecified atom stereocenters. The Labute approximate surface area is 114 Å². The lowest BCUT2D eigenvalue weighted by atomic mass is 9.98. The van der Waals surface area contributed by atoms with Crippen molar-refractivity contribution in [3.05, 3.63) is 29.3 Å². The Morgan fingerprint density at radius 2 is 2.18 bits per heavy atom. The zero-order valence-electron chi connectivity index (χ0n) is 10.9. The highest BCUT2D eigenvalue weighted by Crippen LogP contribution is 2.24. The van der Waals surface area contributed by atoms with Gasteiger partial charge in [0.05, 0.1) is 0 Å². The normalized spacial score (nSPS) is 14.6. The van der Waals surface area contributed by atoms with Crippen LogP contribution in [0, 0.1) is 5.92 Å². The van der Waals surface area contributed by atoms with E-state index in [-0.39, 0.29) is 0 Å². The second-order valence-corrected chi connectivity index (χ2v) is 5.96. The van der Waals surface area contributed by atoms with Crippen molar-refractivity contribution < 1.29 is 0 Å². The van der Waals surface area contributed by atoms with E-state index in [1.54, 1.807) is 0 Å². The van der Waals surface area contributed by atoms with Crippen molar-refractivity contribution in [2.24, 2.45) is 5.92 Å². The molecule has 96 valence electrons. The molecule has 0 saturated heterocycles. The molecule has 2 atom stereocenters. The van der Waals surface area contributed by atoms with Crippen LogP contribution in [0.3, 0.4) is 0 Å². The molecular formula is C14H22ClNS. The molecule has 0 radical (unpaired) electrons. The molecule has 1 aromatic rings. The molecular weight excluding hydrogens is 250 g/mol. The molecule has 0 bridgehead atoms. The van der Waals surface area contributed by atoms with Crippen molar-refractivity contribution in [2.75, 3.05) is 12.8 Å². The fraction of sp³-hybridized carbons (Fsp3) is 0.571. The zero-order chi connectivity index (χ0) is 12.7. The number of benzene rings is 1. The Hall–Kier alpha value is -0.180. The Morgan fingerprint density at radius 3 is 2.76 bits per heavy atom. The molecule has 1 nitrogen and oxygen atoms in total. The highest BCUT2D eigenvalue weighted by Gasteiger charge is 2.14. The van der Waals surface area contributed by atoms with Crippen molar-refractivity contribution in [3.63, 3.8) is 0 Å². The summed E-state index contributed by atoms with van der Waals surface area (Å²) in [5.41, 5.74) is 0. The molecule has 0 heterocycles. The van der Waals surface area contributed by atoms with E-state index in [9.17, 15) is 0 Å². The van der Waals surface area contributed by atoms with E-state index >= 15 is 0 Å². The number of rotatable bonds is 7. The Kier molecular flexibility index (Phi) is 7.02. The third kappa shape index (κ3) is 5.33. The standard InChI is InChI=1S/C14H22ClNS/c1-4-6-11(2)14(16-3)10-17-13-8-5-7-12(15)9-13/h5,7-9,11,14,16H,4,6,10H2,1-3H3. The van der Waals surface area contributed by atoms with Crippen LogP contribution in [0.1, 0.15) is 26.7 Å². The van der Waals surface area contributed by atoms with Gasteiger partial charge in [0.15, 0.2) is 0 Å². The highest BCUT2D eigenvalue weighted by atomic mass is 35.5. The Morgan fingerprint density at radius 1 is 1.41 bits per heavy atom. The van der Waals surface area contributed by atoms with Crippen molar-refractivity contribution in [1.82, 2.24) is 5.32 Å². The van der Waals surface area contributed by atoms with Gasteiger partial charge in [-0.15, -0.1) is 11.8 Å². The fourth-order valence-electron chi connectivity index (χ4n) is 1.93. The molecule has 3 heteroatoms. The van der Waals surface area contributed by atoms with Gasteiger partial charge in [-0.2, -0.15) is 0 Å². The van der Waals surface area contributed by atoms with Gasteiger partial charge in [-0.3, -0.25) is 0 Å². The first-order valence-corrected chi connectivity index (χ1v) is 7.59. The molecule has 0 fully saturated rings. The van der Waals surface area contributed by atoms with Crippen molar-refractivity contribution >= 4 is 23.4 Å². The van der Waals surface area contributed by atoms with Crippen molar-refractivity contribution in [2.45, 2.75) is 37.6 Å². The zero-order valence-corrected chi connectivity index (χ0v) is 12.4. The smallest absolute Gasteiger partial charge is 0.0417 e. The summed E-state index contributed by atoms with van der Waals surface area (Å²) >= 11 is 7.85. The van der Waals surface area contributed by atoms with Crippen LogP contribution in [0.2, 0.25) is 5.02 Å². The number of hydrogen-bond acceptors (Lipinski definition) is 2. The number of hydrogen-bond donors (Lipinski definition) is 1. The van der Waals surface area contributed by atoms with Gasteiger partial charge in [0.1, 0.15) is 0 Å². The monoisotopic (exact) mass is 271 g/mol. The lowest BCUT2D eigenvalue weighted by Crippen LogP contribution is -2.34.